The number of unbranched alkanes of at least 4 members (excludes halogenated alkanes) is 2. The molecule has 1 rings (SSSR count). The number of rotatable bonds is 5. The smallest absolute Gasteiger partial charge is 0.250 e. The standard InChI is InChI=1S/C8H11ClN2OS2/c1-2-3-4-5-13-8-6(12)7(9)10-14-11-8/h2-5H2,1H3. The fourth-order valence-electron chi connectivity index (χ4n) is 0.877. The van der Waals surface area contributed by atoms with Crippen LogP contribution in [0.15, 0.2) is 9.82 Å². The monoisotopic (exact) mass is 250 g/mol. The van der Waals surface area contributed by atoms with Crippen LogP contribution in [-0.4, -0.2) is 14.5 Å². The van der Waals surface area contributed by atoms with E-state index in [2.05, 4.69) is 15.7 Å². The second kappa shape index (κ2) is 6.37. The van der Waals surface area contributed by atoms with E-state index >= 15 is 0 Å². The zero-order valence-electron chi connectivity index (χ0n) is 7.83. The molecular weight excluding hydrogens is 240 g/mol. The first-order chi connectivity index (χ1) is 6.75. The van der Waals surface area contributed by atoms with E-state index in [1.165, 1.54) is 24.6 Å². The summed E-state index contributed by atoms with van der Waals surface area (Å²) < 4.78 is 7.59. The van der Waals surface area contributed by atoms with Crippen LogP contribution in [0.1, 0.15) is 26.2 Å². The molecule has 0 radical (unpaired) electrons. The van der Waals surface area contributed by atoms with Gasteiger partial charge in [0.2, 0.25) is 5.43 Å². The van der Waals surface area contributed by atoms with Gasteiger partial charge in [-0.25, -0.2) is 0 Å². The summed E-state index contributed by atoms with van der Waals surface area (Å²) in [6, 6.07) is 0. The molecular formula is C8H11ClN2OS2. The average Bonchev–Trinajstić information content (AvgIpc) is 2.19. The Morgan fingerprint density at radius 1 is 1.43 bits per heavy atom. The lowest BCUT2D eigenvalue weighted by molar-refractivity contribution is 0.778. The van der Waals surface area contributed by atoms with Gasteiger partial charge < -0.3 is 0 Å². The summed E-state index contributed by atoms with van der Waals surface area (Å²) in [5.74, 6) is 0.920. The zero-order valence-corrected chi connectivity index (χ0v) is 10.2. The predicted octanol–water partition coefficient (Wildman–Crippen LogP) is 2.83. The van der Waals surface area contributed by atoms with E-state index in [0.717, 1.165) is 23.9 Å². The first-order valence-corrected chi connectivity index (χ1v) is 6.50. The van der Waals surface area contributed by atoms with Gasteiger partial charge in [0.25, 0.3) is 0 Å². The Kier molecular flexibility index (Phi) is 5.44. The Morgan fingerprint density at radius 3 is 2.93 bits per heavy atom. The van der Waals surface area contributed by atoms with E-state index in [9.17, 15) is 4.79 Å². The molecule has 0 fully saturated rings. The first kappa shape index (κ1) is 11.9. The number of aromatic nitrogens is 2. The van der Waals surface area contributed by atoms with Gasteiger partial charge in [0.1, 0.15) is 0 Å². The van der Waals surface area contributed by atoms with E-state index in [1.54, 1.807) is 0 Å². The maximum atomic E-state index is 11.4. The molecule has 0 saturated carbocycles. The molecule has 0 atom stereocenters. The summed E-state index contributed by atoms with van der Waals surface area (Å²) in [4.78, 5) is 11.4. The Labute approximate surface area is 96.2 Å². The highest BCUT2D eigenvalue weighted by atomic mass is 35.5. The van der Waals surface area contributed by atoms with Crippen molar-refractivity contribution in [3.63, 3.8) is 0 Å². The number of thioether (sulfide) groups is 1. The van der Waals surface area contributed by atoms with Crippen LogP contribution in [-0.2, 0) is 0 Å². The van der Waals surface area contributed by atoms with Crippen molar-refractivity contribution in [2.45, 2.75) is 31.2 Å². The van der Waals surface area contributed by atoms with E-state index in [0.29, 0.717) is 5.03 Å². The van der Waals surface area contributed by atoms with Crippen LogP contribution < -0.4 is 5.43 Å². The molecule has 0 aromatic carbocycles. The molecule has 3 nitrogen and oxygen atoms in total. The second-order valence-corrected chi connectivity index (χ2v) is 4.71. The molecule has 1 aromatic heterocycles. The minimum atomic E-state index is -0.244. The van der Waals surface area contributed by atoms with E-state index < -0.39 is 0 Å². The quantitative estimate of drug-likeness (QED) is 0.595. The number of halogens is 1. The van der Waals surface area contributed by atoms with Gasteiger partial charge in [-0.2, -0.15) is 8.75 Å². The summed E-state index contributed by atoms with van der Waals surface area (Å²) in [7, 11) is 0. The lowest BCUT2D eigenvalue weighted by Gasteiger charge is -1.97. The van der Waals surface area contributed by atoms with Crippen LogP contribution in [0.2, 0.25) is 5.15 Å². The summed E-state index contributed by atoms with van der Waals surface area (Å²) in [5, 5.41) is 0.508. The molecule has 78 valence electrons. The van der Waals surface area contributed by atoms with Gasteiger partial charge in [0.15, 0.2) is 10.2 Å². The highest BCUT2D eigenvalue weighted by Gasteiger charge is 2.06. The zero-order chi connectivity index (χ0) is 10.4. The van der Waals surface area contributed by atoms with Crippen LogP contribution >= 0.6 is 35.1 Å². The fraction of sp³-hybridized carbons (Fsp3) is 0.625. The lowest BCUT2D eigenvalue weighted by Crippen LogP contribution is -2.07. The molecule has 1 aromatic rings. The SMILES string of the molecule is CCCCCSc1nsnc(Cl)c1=O. The molecule has 0 aliphatic heterocycles. The molecule has 0 spiro atoms. The van der Waals surface area contributed by atoms with Gasteiger partial charge in [0.05, 0.1) is 11.7 Å². The molecule has 0 bridgehead atoms. The minimum absolute atomic E-state index is 0.0305. The van der Waals surface area contributed by atoms with E-state index in [1.807, 2.05) is 0 Å². The number of hydrogen-bond donors (Lipinski definition) is 0. The topological polar surface area (TPSA) is 42.9 Å². The Bertz CT molecular complexity index is 342. The van der Waals surface area contributed by atoms with Crippen molar-refractivity contribution in [2.24, 2.45) is 0 Å². The molecule has 0 N–H and O–H groups in total. The van der Waals surface area contributed by atoms with Gasteiger partial charge >= 0.3 is 0 Å². The fourth-order valence-corrected chi connectivity index (χ4v) is 2.55. The van der Waals surface area contributed by atoms with Crippen molar-refractivity contribution in [3.8, 4) is 0 Å². The highest BCUT2D eigenvalue weighted by molar-refractivity contribution is 7.99. The Balaban J connectivity index is 2.51. The molecule has 6 heteroatoms. The van der Waals surface area contributed by atoms with Crippen LogP contribution in [0.3, 0.4) is 0 Å². The van der Waals surface area contributed by atoms with Crippen molar-refractivity contribution in [1.82, 2.24) is 8.75 Å². The summed E-state index contributed by atoms with van der Waals surface area (Å²) in [5.41, 5.74) is -0.244. The van der Waals surface area contributed by atoms with Crippen molar-refractivity contribution in [1.29, 1.82) is 0 Å². The molecule has 1 heterocycles. The van der Waals surface area contributed by atoms with Crippen LogP contribution in [0.5, 0.6) is 0 Å². The Hall–Kier alpha value is -0.130. The van der Waals surface area contributed by atoms with Gasteiger partial charge in [0, 0.05) is 0 Å². The number of nitrogens with zero attached hydrogens (tertiary/aromatic N) is 2. The maximum absolute atomic E-state index is 11.4. The first-order valence-electron chi connectivity index (χ1n) is 4.41. The van der Waals surface area contributed by atoms with Crippen molar-refractivity contribution >= 4 is 35.1 Å². The van der Waals surface area contributed by atoms with Gasteiger partial charge in [-0.1, -0.05) is 31.4 Å². The van der Waals surface area contributed by atoms with Gasteiger partial charge in [-0.3, -0.25) is 4.79 Å². The van der Waals surface area contributed by atoms with Crippen LogP contribution in [0.4, 0.5) is 0 Å². The molecule has 0 amide bonds. The highest BCUT2D eigenvalue weighted by Crippen LogP contribution is 2.15. The Morgan fingerprint density at radius 2 is 2.21 bits per heavy atom. The molecule has 0 unspecified atom stereocenters. The van der Waals surface area contributed by atoms with Gasteiger partial charge in [-0.05, 0) is 12.2 Å². The van der Waals surface area contributed by atoms with Crippen molar-refractivity contribution in [2.75, 3.05) is 5.75 Å². The number of hydrogen-bond acceptors (Lipinski definition) is 5. The van der Waals surface area contributed by atoms with Crippen molar-refractivity contribution in [3.05, 3.63) is 15.4 Å². The van der Waals surface area contributed by atoms with E-state index in [-0.39, 0.29) is 10.6 Å². The van der Waals surface area contributed by atoms with Gasteiger partial charge in [-0.15, -0.1) is 11.8 Å². The molecule has 0 aliphatic carbocycles. The van der Waals surface area contributed by atoms with Crippen LogP contribution in [0, 0.1) is 0 Å². The normalized spacial score (nSPS) is 10.4. The minimum Gasteiger partial charge on any atom is -0.283 e. The molecule has 14 heavy (non-hydrogen) atoms. The third kappa shape index (κ3) is 3.55. The largest absolute Gasteiger partial charge is 0.283 e. The second-order valence-electron chi connectivity index (χ2n) is 2.74. The summed E-state index contributed by atoms with van der Waals surface area (Å²) >= 11 is 8.03. The summed E-state index contributed by atoms with van der Waals surface area (Å²) in [6.45, 7) is 2.15. The molecule has 0 saturated heterocycles. The lowest BCUT2D eigenvalue weighted by atomic mass is 10.3. The molecule has 0 aliphatic rings. The summed E-state index contributed by atoms with van der Waals surface area (Å²) in [6.07, 6.45) is 3.47. The predicted molar refractivity (Wildman–Crippen MR) is 61.4 cm³/mol. The van der Waals surface area contributed by atoms with Crippen LogP contribution in [0.25, 0.3) is 0 Å². The van der Waals surface area contributed by atoms with E-state index in [4.69, 9.17) is 11.6 Å². The van der Waals surface area contributed by atoms with Crippen molar-refractivity contribution < 1.29 is 0 Å². The third-order valence-corrected chi connectivity index (χ3v) is 3.66. The third-order valence-electron chi connectivity index (χ3n) is 1.61. The average molecular weight is 251 g/mol. The maximum Gasteiger partial charge on any atom is 0.250 e.